The molecule has 4 heterocycles. The van der Waals surface area contributed by atoms with Crippen LogP contribution in [0.2, 0.25) is 10.0 Å². The average molecular weight is 690 g/mol. The van der Waals surface area contributed by atoms with E-state index in [9.17, 15) is 9.59 Å². The standard InChI is InChI=1S/C36H38Cl2N6O4/c1-47-26-15-21(17-39-19-24-7-10-31(45)42-24)14-23(16-26)35-34(38)28(12-13-41-35)27-4-3-5-29(33(27)37)30-9-6-22(36(44-30)48-2)18-40-20-25-8-11-32(46)43-25/h3-6,9,12-16,24-25,39-40H,7-8,10-11,17-20H2,1-2H3,(H,42,45)(H,43,46)/t24-,25-/m1/s1. The van der Waals surface area contributed by atoms with Gasteiger partial charge < -0.3 is 30.7 Å². The van der Waals surface area contributed by atoms with Crippen LogP contribution >= 0.6 is 23.2 Å². The fraction of sp³-hybridized carbons (Fsp3) is 0.333. The first-order valence-electron chi connectivity index (χ1n) is 16.0. The number of nitrogens with one attached hydrogen (secondary N) is 4. The van der Waals surface area contributed by atoms with Crippen LogP contribution < -0.4 is 30.7 Å². The molecule has 250 valence electrons. The fourth-order valence-electron chi connectivity index (χ4n) is 6.17. The minimum atomic E-state index is 0.0973. The average Bonchev–Trinajstić information content (AvgIpc) is 3.71. The highest BCUT2D eigenvalue weighted by Gasteiger charge is 2.22. The number of hydrogen-bond acceptors (Lipinski definition) is 8. The maximum Gasteiger partial charge on any atom is 0.220 e. The van der Waals surface area contributed by atoms with E-state index >= 15 is 0 Å². The molecule has 48 heavy (non-hydrogen) atoms. The molecule has 12 heteroatoms. The number of halogens is 2. The van der Waals surface area contributed by atoms with Gasteiger partial charge in [0, 0.05) is 85.1 Å². The van der Waals surface area contributed by atoms with Crippen LogP contribution in [0, 0.1) is 0 Å². The molecule has 6 rings (SSSR count). The van der Waals surface area contributed by atoms with E-state index in [0.717, 1.165) is 46.2 Å². The summed E-state index contributed by atoms with van der Waals surface area (Å²) in [5, 5.41) is 13.7. The molecule has 2 aliphatic heterocycles. The highest BCUT2D eigenvalue weighted by Crippen LogP contribution is 2.42. The van der Waals surface area contributed by atoms with Crippen molar-refractivity contribution in [3.8, 4) is 45.3 Å². The molecule has 2 fully saturated rings. The molecule has 0 spiro atoms. The largest absolute Gasteiger partial charge is 0.497 e. The summed E-state index contributed by atoms with van der Waals surface area (Å²) in [7, 11) is 3.22. The molecule has 10 nitrogen and oxygen atoms in total. The third-order valence-electron chi connectivity index (χ3n) is 8.66. The van der Waals surface area contributed by atoms with Gasteiger partial charge in [-0.25, -0.2) is 4.98 Å². The lowest BCUT2D eigenvalue weighted by Crippen LogP contribution is -2.35. The van der Waals surface area contributed by atoms with Crippen molar-refractivity contribution >= 4 is 35.0 Å². The van der Waals surface area contributed by atoms with Gasteiger partial charge in [0.05, 0.1) is 35.7 Å². The Balaban J connectivity index is 1.23. The normalized spacial score (nSPS) is 17.3. The molecule has 0 aliphatic carbocycles. The lowest BCUT2D eigenvalue weighted by molar-refractivity contribution is -0.120. The van der Waals surface area contributed by atoms with E-state index in [0.29, 0.717) is 72.1 Å². The molecule has 0 unspecified atom stereocenters. The van der Waals surface area contributed by atoms with Gasteiger partial charge in [-0.3, -0.25) is 14.6 Å². The summed E-state index contributed by atoms with van der Waals surface area (Å²) < 4.78 is 11.3. The number of hydrogen-bond donors (Lipinski definition) is 4. The van der Waals surface area contributed by atoms with Crippen molar-refractivity contribution in [1.29, 1.82) is 0 Å². The molecular formula is C36H38Cl2N6O4. The van der Waals surface area contributed by atoms with Crippen molar-refractivity contribution in [1.82, 2.24) is 31.2 Å². The number of methoxy groups -OCH3 is 2. The van der Waals surface area contributed by atoms with E-state index in [1.54, 1.807) is 20.4 Å². The van der Waals surface area contributed by atoms with Crippen LogP contribution in [0.1, 0.15) is 36.8 Å². The Labute approximate surface area is 289 Å². The Bertz CT molecular complexity index is 1820. The molecule has 0 radical (unpaired) electrons. The van der Waals surface area contributed by atoms with Gasteiger partial charge in [0.1, 0.15) is 5.75 Å². The second kappa shape index (κ2) is 15.3. The minimum Gasteiger partial charge on any atom is -0.497 e. The molecule has 2 saturated heterocycles. The number of pyridine rings is 2. The molecule has 0 bridgehead atoms. The number of nitrogens with zero attached hydrogens (tertiary/aromatic N) is 2. The first-order valence-corrected chi connectivity index (χ1v) is 16.7. The minimum absolute atomic E-state index is 0.0973. The fourth-order valence-corrected chi connectivity index (χ4v) is 6.82. The van der Waals surface area contributed by atoms with Crippen molar-refractivity contribution in [3.05, 3.63) is 82.0 Å². The van der Waals surface area contributed by atoms with Crippen LogP contribution in [0.25, 0.3) is 33.6 Å². The Kier molecular flexibility index (Phi) is 10.8. The van der Waals surface area contributed by atoms with Crippen molar-refractivity contribution in [2.45, 2.75) is 50.9 Å². The third-order valence-corrected chi connectivity index (χ3v) is 9.45. The molecule has 2 aromatic carbocycles. The molecule has 2 atom stereocenters. The lowest BCUT2D eigenvalue weighted by atomic mass is 9.99. The van der Waals surface area contributed by atoms with Crippen LogP contribution in [0.4, 0.5) is 0 Å². The van der Waals surface area contributed by atoms with Crippen molar-refractivity contribution in [2.24, 2.45) is 0 Å². The van der Waals surface area contributed by atoms with E-state index in [2.05, 4.69) is 26.3 Å². The van der Waals surface area contributed by atoms with Crippen LogP contribution in [-0.4, -0.2) is 61.2 Å². The zero-order valence-corrected chi connectivity index (χ0v) is 28.4. The van der Waals surface area contributed by atoms with E-state index in [1.807, 2.05) is 54.6 Å². The number of benzene rings is 2. The molecule has 4 aromatic rings. The number of rotatable bonds is 13. The predicted octanol–water partition coefficient (Wildman–Crippen LogP) is 5.54. The van der Waals surface area contributed by atoms with Gasteiger partial charge in [0.2, 0.25) is 17.7 Å². The van der Waals surface area contributed by atoms with E-state index in [4.69, 9.17) is 37.7 Å². The van der Waals surface area contributed by atoms with Crippen LogP contribution in [0.5, 0.6) is 11.6 Å². The van der Waals surface area contributed by atoms with Gasteiger partial charge in [0.25, 0.3) is 0 Å². The quantitative estimate of drug-likeness (QED) is 0.144. The molecule has 2 aromatic heterocycles. The summed E-state index contributed by atoms with van der Waals surface area (Å²) in [6.45, 7) is 2.50. The monoisotopic (exact) mass is 688 g/mol. The number of carbonyl (C=O) groups is 2. The molecule has 4 N–H and O–H groups in total. The van der Waals surface area contributed by atoms with Gasteiger partial charge >= 0.3 is 0 Å². The zero-order valence-electron chi connectivity index (χ0n) is 26.9. The second-order valence-corrected chi connectivity index (χ2v) is 12.7. The number of carbonyl (C=O) groups excluding carboxylic acids is 2. The molecular weight excluding hydrogens is 651 g/mol. The topological polar surface area (TPSA) is 126 Å². The highest BCUT2D eigenvalue weighted by atomic mass is 35.5. The van der Waals surface area contributed by atoms with Gasteiger partial charge in [-0.15, -0.1) is 0 Å². The smallest absolute Gasteiger partial charge is 0.220 e. The Hall–Kier alpha value is -4.22. The third kappa shape index (κ3) is 7.73. The second-order valence-electron chi connectivity index (χ2n) is 12.0. The number of amides is 2. The maximum atomic E-state index is 11.6. The van der Waals surface area contributed by atoms with Crippen LogP contribution in [0.15, 0.2) is 60.8 Å². The van der Waals surface area contributed by atoms with Crippen molar-refractivity contribution in [2.75, 3.05) is 27.3 Å². The van der Waals surface area contributed by atoms with Gasteiger partial charge in [-0.05, 0) is 48.7 Å². The first kappa shape index (κ1) is 33.7. The first-order chi connectivity index (χ1) is 23.3. The molecule has 2 aliphatic rings. The van der Waals surface area contributed by atoms with Crippen LogP contribution in [0.3, 0.4) is 0 Å². The molecule has 2 amide bonds. The van der Waals surface area contributed by atoms with E-state index in [-0.39, 0.29) is 23.9 Å². The SMILES string of the molecule is COc1cc(CNC[C@H]2CCC(=O)N2)cc(-c2nccc(-c3cccc(-c4ccc(CNC[C@H]5CCC(=O)N5)c(OC)n4)c3Cl)c2Cl)c1. The Morgan fingerprint density at radius 2 is 1.50 bits per heavy atom. The van der Waals surface area contributed by atoms with Crippen molar-refractivity contribution in [3.63, 3.8) is 0 Å². The highest BCUT2D eigenvalue weighted by molar-refractivity contribution is 6.39. The van der Waals surface area contributed by atoms with Crippen LogP contribution in [-0.2, 0) is 22.7 Å². The summed E-state index contributed by atoms with van der Waals surface area (Å²) in [6, 6.07) is 17.7. The van der Waals surface area contributed by atoms with E-state index in [1.165, 1.54) is 0 Å². The lowest BCUT2D eigenvalue weighted by Gasteiger charge is -2.16. The van der Waals surface area contributed by atoms with Crippen molar-refractivity contribution < 1.29 is 19.1 Å². The summed E-state index contributed by atoms with van der Waals surface area (Å²) in [5.74, 6) is 1.38. The molecule has 0 saturated carbocycles. The van der Waals surface area contributed by atoms with Gasteiger partial charge in [-0.1, -0.05) is 47.5 Å². The zero-order chi connectivity index (χ0) is 33.6. The Morgan fingerprint density at radius 3 is 2.17 bits per heavy atom. The number of aromatic nitrogens is 2. The summed E-state index contributed by atoms with van der Waals surface area (Å²) in [6.07, 6.45) is 4.53. The maximum absolute atomic E-state index is 11.6. The number of ether oxygens (including phenoxy) is 2. The van der Waals surface area contributed by atoms with Gasteiger partial charge in [0.15, 0.2) is 0 Å². The Morgan fingerprint density at radius 1 is 0.812 bits per heavy atom. The summed E-state index contributed by atoms with van der Waals surface area (Å²) in [5.41, 5.74) is 6.20. The van der Waals surface area contributed by atoms with Gasteiger partial charge in [-0.2, -0.15) is 0 Å². The summed E-state index contributed by atoms with van der Waals surface area (Å²) >= 11 is 14.2. The summed E-state index contributed by atoms with van der Waals surface area (Å²) in [4.78, 5) is 32.5. The predicted molar refractivity (Wildman–Crippen MR) is 187 cm³/mol. The van der Waals surface area contributed by atoms with E-state index < -0.39 is 0 Å².